The second-order valence-corrected chi connectivity index (χ2v) is 7.76. The summed E-state index contributed by atoms with van der Waals surface area (Å²) in [5.41, 5.74) is 1.08. The Morgan fingerprint density at radius 2 is 1.92 bits per heavy atom. The Kier molecular flexibility index (Phi) is 5.65. The summed E-state index contributed by atoms with van der Waals surface area (Å²) in [4.78, 5) is 24.8. The first-order valence-corrected chi connectivity index (χ1v) is 9.57. The van der Waals surface area contributed by atoms with Crippen LogP contribution in [0.5, 0.6) is 0 Å². The van der Waals surface area contributed by atoms with Crippen molar-refractivity contribution in [1.29, 1.82) is 0 Å². The van der Waals surface area contributed by atoms with Crippen LogP contribution in [0.1, 0.15) is 44.6 Å². The predicted octanol–water partition coefficient (Wildman–Crippen LogP) is 2.42. The number of carbonyl (C=O) groups excluding carboxylic acids is 1. The Morgan fingerprint density at radius 1 is 1.27 bits per heavy atom. The molecule has 1 N–H and O–H groups in total. The van der Waals surface area contributed by atoms with E-state index < -0.39 is 0 Å². The highest BCUT2D eigenvalue weighted by Crippen LogP contribution is 2.54. The number of anilines is 1. The largest absolute Gasteiger partial charge is 0.378 e. The van der Waals surface area contributed by atoms with Crippen LogP contribution < -0.4 is 10.2 Å². The van der Waals surface area contributed by atoms with Crippen LogP contribution in [-0.2, 0) is 11.3 Å². The zero-order valence-corrected chi connectivity index (χ0v) is 16.4. The summed E-state index contributed by atoms with van der Waals surface area (Å²) in [6.45, 7) is 3.29. The van der Waals surface area contributed by atoms with Crippen LogP contribution >= 0.6 is 0 Å². The molecule has 144 valence electrons. The molecule has 2 fully saturated rings. The fraction of sp³-hybridized carbons (Fsp3) is 0.737. The molecule has 1 aromatic rings. The smallest absolute Gasteiger partial charge is 0.317 e. The number of ether oxygens (including phenoxy) is 1. The molecule has 0 bridgehead atoms. The minimum absolute atomic E-state index is 0.0343. The number of urea groups is 1. The zero-order chi connectivity index (χ0) is 18.7. The molecule has 0 aliphatic heterocycles. The van der Waals surface area contributed by atoms with E-state index in [0.29, 0.717) is 18.6 Å². The van der Waals surface area contributed by atoms with Crippen LogP contribution in [0.25, 0.3) is 0 Å². The molecule has 7 nitrogen and oxygen atoms in total. The highest BCUT2D eigenvalue weighted by Gasteiger charge is 2.57. The highest BCUT2D eigenvalue weighted by molar-refractivity contribution is 5.74. The third-order valence-corrected chi connectivity index (χ3v) is 5.84. The average Bonchev–Trinajstić information content (AvgIpc) is 3.14. The Bertz CT molecular complexity index is 613. The van der Waals surface area contributed by atoms with Gasteiger partial charge in [0.25, 0.3) is 0 Å². The van der Waals surface area contributed by atoms with E-state index in [0.717, 1.165) is 31.4 Å². The van der Waals surface area contributed by atoms with Gasteiger partial charge in [-0.05, 0) is 26.2 Å². The third kappa shape index (κ3) is 3.63. The molecule has 0 aromatic carbocycles. The van der Waals surface area contributed by atoms with E-state index in [9.17, 15) is 4.79 Å². The number of carbonyl (C=O) groups is 1. The second-order valence-electron chi connectivity index (χ2n) is 7.76. The van der Waals surface area contributed by atoms with E-state index in [1.54, 1.807) is 17.3 Å². The number of nitrogens with one attached hydrogen (secondary N) is 1. The summed E-state index contributed by atoms with van der Waals surface area (Å²) < 4.78 is 5.93. The van der Waals surface area contributed by atoms with Gasteiger partial charge >= 0.3 is 6.03 Å². The Labute approximate surface area is 156 Å². The van der Waals surface area contributed by atoms with Gasteiger partial charge in [-0.3, -0.25) is 0 Å². The van der Waals surface area contributed by atoms with E-state index in [2.05, 4.69) is 15.3 Å². The van der Waals surface area contributed by atoms with Gasteiger partial charge in [-0.15, -0.1) is 0 Å². The molecule has 26 heavy (non-hydrogen) atoms. The van der Waals surface area contributed by atoms with Crippen molar-refractivity contribution in [3.63, 3.8) is 0 Å². The summed E-state index contributed by atoms with van der Waals surface area (Å²) in [6, 6.07) is 0.191. The molecule has 2 unspecified atom stereocenters. The SMILES string of the molecule is CCOC1CC(NC(=O)N(C)Cc2cnc(N(C)C)nc2)C12CCCC2. The first kappa shape index (κ1) is 18.9. The monoisotopic (exact) mass is 361 g/mol. The Balaban J connectivity index is 1.56. The highest BCUT2D eigenvalue weighted by atomic mass is 16.5. The molecule has 2 amide bonds. The average molecular weight is 361 g/mol. The lowest BCUT2D eigenvalue weighted by Gasteiger charge is -2.54. The summed E-state index contributed by atoms with van der Waals surface area (Å²) in [5, 5.41) is 3.25. The van der Waals surface area contributed by atoms with Gasteiger partial charge in [0.2, 0.25) is 5.95 Å². The minimum Gasteiger partial charge on any atom is -0.378 e. The van der Waals surface area contributed by atoms with Gasteiger partial charge in [-0.1, -0.05) is 12.8 Å². The number of nitrogens with zero attached hydrogens (tertiary/aromatic N) is 4. The molecule has 1 heterocycles. The fourth-order valence-electron chi connectivity index (χ4n) is 4.35. The van der Waals surface area contributed by atoms with Crippen LogP contribution in [0.3, 0.4) is 0 Å². The van der Waals surface area contributed by atoms with Gasteiger partial charge in [0.1, 0.15) is 0 Å². The molecule has 3 rings (SSSR count). The van der Waals surface area contributed by atoms with Crippen molar-refractivity contribution in [3.05, 3.63) is 18.0 Å². The number of aromatic nitrogens is 2. The maximum Gasteiger partial charge on any atom is 0.317 e. The summed E-state index contributed by atoms with van der Waals surface area (Å²) in [6.07, 6.45) is 9.57. The van der Waals surface area contributed by atoms with Gasteiger partial charge in [0, 0.05) is 57.2 Å². The van der Waals surface area contributed by atoms with Crippen molar-refractivity contribution >= 4 is 12.0 Å². The van der Waals surface area contributed by atoms with Gasteiger partial charge in [0.15, 0.2) is 0 Å². The minimum atomic E-state index is -0.0343. The first-order chi connectivity index (χ1) is 12.5. The van der Waals surface area contributed by atoms with Crippen LogP contribution in [0, 0.1) is 5.41 Å². The zero-order valence-electron chi connectivity index (χ0n) is 16.4. The number of hydrogen-bond acceptors (Lipinski definition) is 5. The van der Waals surface area contributed by atoms with Crippen molar-refractivity contribution in [1.82, 2.24) is 20.2 Å². The normalized spacial score (nSPS) is 23.5. The molecule has 2 aliphatic carbocycles. The Morgan fingerprint density at radius 3 is 2.50 bits per heavy atom. The van der Waals surface area contributed by atoms with E-state index in [1.807, 2.05) is 33.0 Å². The number of hydrogen-bond donors (Lipinski definition) is 1. The van der Waals surface area contributed by atoms with Crippen molar-refractivity contribution < 1.29 is 9.53 Å². The van der Waals surface area contributed by atoms with Gasteiger partial charge in [-0.25, -0.2) is 14.8 Å². The lowest BCUT2D eigenvalue weighted by atomic mass is 9.60. The van der Waals surface area contributed by atoms with Crippen molar-refractivity contribution in [2.45, 2.75) is 57.7 Å². The van der Waals surface area contributed by atoms with E-state index >= 15 is 0 Å². The molecular formula is C19H31N5O2. The maximum atomic E-state index is 12.7. The Hall–Kier alpha value is -1.89. The maximum absolute atomic E-state index is 12.7. The number of rotatable bonds is 6. The molecule has 2 saturated carbocycles. The first-order valence-electron chi connectivity index (χ1n) is 9.57. The molecule has 2 aliphatic rings. The van der Waals surface area contributed by atoms with Crippen molar-refractivity contribution in [3.8, 4) is 0 Å². The topological polar surface area (TPSA) is 70.6 Å². The fourth-order valence-corrected chi connectivity index (χ4v) is 4.35. The quantitative estimate of drug-likeness (QED) is 0.843. The standard InChI is InChI=1S/C19H31N5O2/c1-5-26-16-10-15(19(16)8-6-7-9-19)22-18(25)24(4)13-14-11-20-17(21-12-14)23(2)3/h11-12,15-16H,5-10,13H2,1-4H3,(H,22,25). The molecule has 1 aromatic heterocycles. The summed E-state index contributed by atoms with van der Waals surface area (Å²) >= 11 is 0. The molecule has 7 heteroatoms. The van der Waals surface area contributed by atoms with Gasteiger partial charge in [0.05, 0.1) is 12.6 Å². The van der Waals surface area contributed by atoms with E-state index in [-0.39, 0.29) is 17.5 Å². The molecular weight excluding hydrogens is 330 g/mol. The molecule has 1 spiro atoms. The lowest BCUT2D eigenvalue weighted by Crippen LogP contribution is -2.64. The predicted molar refractivity (Wildman–Crippen MR) is 101 cm³/mol. The summed E-state index contributed by atoms with van der Waals surface area (Å²) in [7, 11) is 5.62. The molecule has 2 atom stereocenters. The van der Waals surface area contributed by atoms with Gasteiger partial charge < -0.3 is 19.9 Å². The van der Waals surface area contributed by atoms with Crippen LogP contribution in [0.15, 0.2) is 12.4 Å². The second kappa shape index (κ2) is 7.78. The van der Waals surface area contributed by atoms with E-state index in [1.165, 1.54) is 12.8 Å². The van der Waals surface area contributed by atoms with Crippen LogP contribution in [0.4, 0.5) is 10.7 Å². The summed E-state index contributed by atoms with van der Waals surface area (Å²) in [5.74, 6) is 0.667. The van der Waals surface area contributed by atoms with Crippen LogP contribution in [0.2, 0.25) is 0 Å². The molecule has 0 radical (unpaired) electrons. The molecule has 0 saturated heterocycles. The van der Waals surface area contributed by atoms with Crippen molar-refractivity contribution in [2.75, 3.05) is 32.6 Å². The van der Waals surface area contributed by atoms with Crippen LogP contribution in [-0.4, -0.2) is 60.8 Å². The number of amides is 2. The van der Waals surface area contributed by atoms with Gasteiger partial charge in [-0.2, -0.15) is 0 Å². The lowest BCUT2D eigenvalue weighted by molar-refractivity contribution is -0.127. The third-order valence-electron chi connectivity index (χ3n) is 5.84. The van der Waals surface area contributed by atoms with Crippen molar-refractivity contribution in [2.24, 2.45) is 5.41 Å². The van der Waals surface area contributed by atoms with E-state index in [4.69, 9.17) is 4.74 Å².